The Morgan fingerprint density at radius 2 is 1.65 bits per heavy atom. The van der Waals surface area contributed by atoms with E-state index in [4.69, 9.17) is 0 Å². The van der Waals surface area contributed by atoms with Crippen LogP contribution in [0.1, 0.15) is 29.6 Å². The van der Waals surface area contributed by atoms with E-state index in [0.717, 1.165) is 18.8 Å². The number of anilines is 2. The Hall–Kier alpha value is -2.54. The van der Waals surface area contributed by atoms with Crippen LogP contribution in [0.4, 0.5) is 11.4 Å². The zero-order valence-corrected chi connectivity index (χ0v) is 15.5. The van der Waals surface area contributed by atoms with Crippen LogP contribution in [0.2, 0.25) is 0 Å². The van der Waals surface area contributed by atoms with Crippen LogP contribution in [-0.2, 0) is 14.8 Å². The summed E-state index contributed by atoms with van der Waals surface area (Å²) in [5, 5.41) is 0. The number of ether oxygens (including phenoxy) is 1. The van der Waals surface area contributed by atoms with Gasteiger partial charge in [0, 0.05) is 24.5 Å². The van der Waals surface area contributed by atoms with Gasteiger partial charge in [0.15, 0.2) is 0 Å². The molecule has 2 aromatic carbocycles. The predicted octanol–water partition coefficient (Wildman–Crippen LogP) is 3.26. The van der Waals surface area contributed by atoms with Crippen LogP contribution in [0.5, 0.6) is 0 Å². The second-order valence-corrected chi connectivity index (χ2v) is 7.84. The van der Waals surface area contributed by atoms with E-state index in [2.05, 4.69) is 14.4 Å². The monoisotopic (exact) mass is 374 g/mol. The number of benzene rings is 2. The third-order valence-corrected chi connectivity index (χ3v) is 5.86. The van der Waals surface area contributed by atoms with Crippen molar-refractivity contribution >= 4 is 27.4 Å². The topological polar surface area (TPSA) is 75.7 Å². The number of hydrogen-bond donors (Lipinski definition) is 1. The molecule has 6 nitrogen and oxygen atoms in total. The van der Waals surface area contributed by atoms with Crippen LogP contribution >= 0.6 is 0 Å². The summed E-state index contributed by atoms with van der Waals surface area (Å²) in [6.07, 6.45) is 3.62. The number of hydrogen-bond acceptors (Lipinski definition) is 5. The fourth-order valence-electron chi connectivity index (χ4n) is 3.08. The van der Waals surface area contributed by atoms with Crippen molar-refractivity contribution in [3.05, 3.63) is 54.1 Å². The van der Waals surface area contributed by atoms with Gasteiger partial charge in [-0.2, -0.15) is 0 Å². The molecule has 0 unspecified atom stereocenters. The van der Waals surface area contributed by atoms with Crippen molar-refractivity contribution in [3.63, 3.8) is 0 Å². The minimum atomic E-state index is -3.90. The molecule has 0 saturated carbocycles. The Morgan fingerprint density at radius 3 is 2.31 bits per heavy atom. The maximum atomic E-state index is 12.7. The van der Waals surface area contributed by atoms with Gasteiger partial charge in [-0.1, -0.05) is 12.1 Å². The van der Waals surface area contributed by atoms with E-state index in [1.165, 1.54) is 38.5 Å². The van der Waals surface area contributed by atoms with Gasteiger partial charge >= 0.3 is 5.97 Å². The number of piperidine rings is 1. The molecule has 1 aliphatic rings. The lowest BCUT2D eigenvalue weighted by Gasteiger charge is -2.28. The second-order valence-electron chi connectivity index (χ2n) is 6.19. The molecule has 0 bridgehead atoms. The summed E-state index contributed by atoms with van der Waals surface area (Å²) in [6, 6.07) is 13.3. The van der Waals surface area contributed by atoms with E-state index in [1.807, 2.05) is 12.1 Å². The standard InChI is InChI=1S/C19H22N2O4S/c1-25-19(22)17-7-3-4-8-18(17)26(23,24)20-15-9-11-16(12-10-15)21-13-5-2-6-14-21/h3-4,7-12,20H,2,5-6,13-14H2,1H3. The van der Waals surface area contributed by atoms with E-state index < -0.39 is 16.0 Å². The van der Waals surface area contributed by atoms with Gasteiger partial charge in [0.25, 0.3) is 10.0 Å². The zero-order valence-electron chi connectivity index (χ0n) is 14.6. The first-order chi connectivity index (χ1) is 12.5. The molecule has 138 valence electrons. The molecule has 1 fully saturated rings. The highest BCUT2D eigenvalue weighted by Crippen LogP contribution is 2.24. The van der Waals surface area contributed by atoms with Gasteiger partial charge in [-0.25, -0.2) is 13.2 Å². The summed E-state index contributed by atoms with van der Waals surface area (Å²) < 4.78 is 32.6. The minimum absolute atomic E-state index is 0.00689. The van der Waals surface area contributed by atoms with Crippen LogP contribution in [0, 0.1) is 0 Å². The van der Waals surface area contributed by atoms with Crippen molar-refractivity contribution in [1.29, 1.82) is 0 Å². The molecule has 1 N–H and O–H groups in total. The maximum Gasteiger partial charge on any atom is 0.339 e. The third kappa shape index (κ3) is 3.99. The van der Waals surface area contributed by atoms with Crippen molar-refractivity contribution in [2.24, 2.45) is 0 Å². The van der Waals surface area contributed by atoms with Crippen molar-refractivity contribution in [2.75, 3.05) is 29.8 Å². The van der Waals surface area contributed by atoms with Crippen molar-refractivity contribution in [3.8, 4) is 0 Å². The summed E-state index contributed by atoms with van der Waals surface area (Å²) in [5.41, 5.74) is 1.54. The van der Waals surface area contributed by atoms with Gasteiger partial charge in [-0.15, -0.1) is 0 Å². The van der Waals surface area contributed by atoms with E-state index in [-0.39, 0.29) is 10.5 Å². The minimum Gasteiger partial charge on any atom is -0.465 e. The number of methoxy groups -OCH3 is 1. The van der Waals surface area contributed by atoms with Crippen molar-refractivity contribution < 1.29 is 17.9 Å². The molecular weight excluding hydrogens is 352 g/mol. The summed E-state index contributed by atoms with van der Waals surface area (Å²) >= 11 is 0. The second kappa shape index (κ2) is 7.78. The molecule has 0 aliphatic carbocycles. The summed E-state index contributed by atoms with van der Waals surface area (Å²) in [6.45, 7) is 2.05. The highest BCUT2D eigenvalue weighted by molar-refractivity contribution is 7.92. The van der Waals surface area contributed by atoms with Crippen LogP contribution < -0.4 is 9.62 Å². The number of nitrogens with one attached hydrogen (secondary N) is 1. The molecular formula is C19H22N2O4S. The van der Waals surface area contributed by atoms with Crippen molar-refractivity contribution in [1.82, 2.24) is 0 Å². The normalized spacial score (nSPS) is 14.7. The first-order valence-corrected chi connectivity index (χ1v) is 10.0. The van der Waals surface area contributed by atoms with Gasteiger partial charge in [0.05, 0.1) is 12.7 Å². The fourth-order valence-corrected chi connectivity index (χ4v) is 4.34. The van der Waals surface area contributed by atoms with Crippen LogP contribution in [-0.4, -0.2) is 34.6 Å². The molecule has 0 amide bonds. The molecule has 0 atom stereocenters. The lowest BCUT2D eigenvalue weighted by Crippen LogP contribution is -2.29. The van der Waals surface area contributed by atoms with Gasteiger partial charge in [-0.3, -0.25) is 4.72 Å². The smallest absolute Gasteiger partial charge is 0.339 e. The van der Waals surface area contributed by atoms with Gasteiger partial charge in [0.2, 0.25) is 0 Å². The lowest BCUT2D eigenvalue weighted by molar-refractivity contribution is 0.0596. The summed E-state index contributed by atoms with van der Waals surface area (Å²) in [7, 11) is -2.68. The number of nitrogens with zero attached hydrogens (tertiary/aromatic N) is 1. The average Bonchev–Trinajstić information content (AvgIpc) is 2.68. The average molecular weight is 374 g/mol. The molecule has 3 rings (SSSR count). The summed E-state index contributed by atoms with van der Waals surface area (Å²) in [5.74, 6) is -0.688. The molecule has 2 aromatic rings. The van der Waals surface area contributed by atoms with E-state index in [9.17, 15) is 13.2 Å². The highest BCUT2D eigenvalue weighted by atomic mass is 32.2. The number of sulfonamides is 1. The Morgan fingerprint density at radius 1 is 1.00 bits per heavy atom. The molecule has 0 aromatic heterocycles. The number of rotatable bonds is 5. The number of carbonyl (C=O) groups is 1. The van der Waals surface area contributed by atoms with E-state index in [0.29, 0.717) is 5.69 Å². The SMILES string of the molecule is COC(=O)c1ccccc1S(=O)(=O)Nc1ccc(N2CCCCC2)cc1. The predicted molar refractivity (Wildman–Crippen MR) is 101 cm³/mol. The Labute approximate surface area is 153 Å². The van der Waals surface area contributed by atoms with Gasteiger partial charge < -0.3 is 9.64 Å². The van der Waals surface area contributed by atoms with E-state index in [1.54, 1.807) is 24.3 Å². The molecule has 1 saturated heterocycles. The zero-order chi connectivity index (χ0) is 18.6. The number of carbonyl (C=O) groups excluding carboxylic acids is 1. The quantitative estimate of drug-likeness (QED) is 0.813. The number of esters is 1. The molecule has 7 heteroatoms. The van der Waals surface area contributed by atoms with Gasteiger partial charge in [0.1, 0.15) is 4.90 Å². The van der Waals surface area contributed by atoms with E-state index >= 15 is 0 Å². The third-order valence-electron chi connectivity index (χ3n) is 4.42. The fraction of sp³-hybridized carbons (Fsp3) is 0.316. The highest BCUT2D eigenvalue weighted by Gasteiger charge is 2.22. The largest absolute Gasteiger partial charge is 0.465 e. The molecule has 0 radical (unpaired) electrons. The lowest BCUT2D eigenvalue weighted by atomic mass is 10.1. The first-order valence-electron chi connectivity index (χ1n) is 8.56. The Balaban J connectivity index is 1.81. The van der Waals surface area contributed by atoms with Crippen molar-refractivity contribution in [2.45, 2.75) is 24.2 Å². The van der Waals surface area contributed by atoms with Crippen LogP contribution in [0.25, 0.3) is 0 Å². The Bertz CT molecular complexity index is 873. The van der Waals surface area contributed by atoms with Gasteiger partial charge in [-0.05, 0) is 55.7 Å². The maximum absolute atomic E-state index is 12.7. The van der Waals surface area contributed by atoms with Crippen LogP contribution in [0.15, 0.2) is 53.4 Å². The molecule has 1 heterocycles. The Kier molecular flexibility index (Phi) is 5.46. The van der Waals surface area contributed by atoms with Crippen LogP contribution in [0.3, 0.4) is 0 Å². The summed E-state index contributed by atoms with van der Waals surface area (Å²) in [4.78, 5) is 14.0. The molecule has 0 spiro atoms. The first kappa shape index (κ1) is 18.3. The molecule has 1 aliphatic heterocycles. The molecule has 26 heavy (non-hydrogen) atoms.